The summed E-state index contributed by atoms with van der Waals surface area (Å²) in [4.78, 5) is 3.98. The molecule has 0 atom stereocenters. The number of anilines is 1. The molecule has 0 saturated heterocycles. The van der Waals surface area contributed by atoms with E-state index in [1.165, 1.54) is 17.5 Å². The van der Waals surface area contributed by atoms with E-state index in [2.05, 4.69) is 68.0 Å². The third-order valence-corrected chi connectivity index (χ3v) is 5.45. The van der Waals surface area contributed by atoms with Gasteiger partial charge in [0.2, 0.25) is 0 Å². The van der Waals surface area contributed by atoms with Gasteiger partial charge in [-0.05, 0) is 62.1 Å². The Kier molecular flexibility index (Phi) is 11.7. The number of aryl methyl sites for hydroxylation is 2. The summed E-state index contributed by atoms with van der Waals surface area (Å²) in [6, 6.07) is 12.4. The third-order valence-electron chi connectivity index (χ3n) is 5.05. The molecule has 0 amide bonds. The summed E-state index contributed by atoms with van der Waals surface area (Å²) in [7, 11) is 0. The molecule has 1 aromatic carbocycles. The molecule has 184 valence electrons. The van der Waals surface area contributed by atoms with Gasteiger partial charge in [-0.15, -0.1) is 5.73 Å². The zero-order valence-corrected chi connectivity index (χ0v) is 22.8. The Bertz CT molecular complexity index is 1280. The second kappa shape index (κ2) is 14.8. The van der Waals surface area contributed by atoms with Crippen LogP contribution in [-0.2, 0) is 13.0 Å². The van der Waals surface area contributed by atoms with Crippen molar-refractivity contribution in [1.29, 1.82) is 0 Å². The fourth-order valence-corrected chi connectivity index (χ4v) is 3.68. The minimum atomic E-state index is 0.540. The standard InChI is InChI=1S/C17H18N2.C9H11BrN4.C2H6/c1-3-15(2)8-7-11-17-12-18-19(14-17)13-16-9-5-4-6-10-16;1-6-4-7(2-3-10)14-8(6)9(11)12-5-13-14;1-2/h3-6,8-12,14H,13H2,1-2H3;4-5H,2-3H2,1H3,(H2,11,12,13);1-2H3/b15-3-;;. The SMILES string of the molecule is C/C=C(/C)C=C=Cc1cnn(Cc2ccccc2)c1.CC.Cc1cc(CCBr)n2ncnc(N)c12. The lowest BCUT2D eigenvalue weighted by molar-refractivity contribution is 0.687. The Balaban J connectivity index is 0.000000239. The van der Waals surface area contributed by atoms with Crippen LogP contribution in [0.5, 0.6) is 0 Å². The highest BCUT2D eigenvalue weighted by atomic mass is 79.9. The van der Waals surface area contributed by atoms with Crippen LogP contribution in [0.4, 0.5) is 5.82 Å². The number of nitrogens with zero attached hydrogens (tertiary/aromatic N) is 5. The van der Waals surface area contributed by atoms with E-state index < -0.39 is 0 Å². The minimum absolute atomic E-state index is 0.540. The average Bonchev–Trinajstić information content (AvgIpc) is 3.46. The zero-order valence-electron chi connectivity index (χ0n) is 21.2. The van der Waals surface area contributed by atoms with Crippen molar-refractivity contribution in [3.8, 4) is 0 Å². The van der Waals surface area contributed by atoms with Gasteiger partial charge in [-0.25, -0.2) is 9.50 Å². The molecule has 0 aliphatic heterocycles. The van der Waals surface area contributed by atoms with Gasteiger partial charge in [0.1, 0.15) is 11.8 Å². The Morgan fingerprint density at radius 2 is 1.91 bits per heavy atom. The van der Waals surface area contributed by atoms with Crippen LogP contribution in [0.1, 0.15) is 50.1 Å². The number of halogens is 1. The molecule has 0 saturated carbocycles. The van der Waals surface area contributed by atoms with Crippen molar-refractivity contribution in [2.45, 2.75) is 47.6 Å². The molecular weight excluding hydrogens is 500 g/mol. The number of alkyl halides is 1. The first-order chi connectivity index (χ1) is 17.0. The monoisotopic (exact) mass is 534 g/mol. The molecule has 0 spiro atoms. The van der Waals surface area contributed by atoms with Crippen molar-refractivity contribution in [1.82, 2.24) is 24.4 Å². The number of aromatic nitrogens is 5. The summed E-state index contributed by atoms with van der Waals surface area (Å²) >= 11 is 3.41. The quantitative estimate of drug-likeness (QED) is 0.170. The maximum Gasteiger partial charge on any atom is 0.151 e. The summed E-state index contributed by atoms with van der Waals surface area (Å²) in [6.07, 6.45) is 12.3. The Labute approximate surface area is 217 Å². The number of hydrogen-bond donors (Lipinski definition) is 1. The van der Waals surface area contributed by atoms with Crippen LogP contribution in [0.3, 0.4) is 0 Å². The van der Waals surface area contributed by atoms with Crippen LogP contribution in [0.2, 0.25) is 0 Å². The van der Waals surface area contributed by atoms with Crippen LogP contribution in [0.15, 0.2) is 78.6 Å². The molecule has 3 aromatic heterocycles. The molecule has 6 nitrogen and oxygen atoms in total. The number of allylic oxidation sites excluding steroid dienone is 3. The Morgan fingerprint density at radius 3 is 2.60 bits per heavy atom. The molecule has 0 aliphatic carbocycles. The highest BCUT2D eigenvalue weighted by Gasteiger charge is 2.09. The molecule has 4 aromatic rings. The van der Waals surface area contributed by atoms with E-state index in [0.717, 1.165) is 40.6 Å². The molecular formula is C28H35BrN6. The van der Waals surface area contributed by atoms with Crippen LogP contribution in [-0.4, -0.2) is 29.7 Å². The van der Waals surface area contributed by atoms with Crippen molar-refractivity contribution in [2.24, 2.45) is 0 Å². The highest BCUT2D eigenvalue weighted by molar-refractivity contribution is 9.09. The van der Waals surface area contributed by atoms with E-state index in [1.54, 1.807) is 0 Å². The van der Waals surface area contributed by atoms with E-state index in [4.69, 9.17) is 5.73 Å². The van der Waals surface area contributed by atoms with Gasteiger partial charge in [-0.1, -0.05) is 66.2 Å². The van der Waals surface area contributed by atoms with E-state index in [-0.39, 0.29) is 0 Å². The maximum atomic E-state index is 5.78. The smallest absolute Gasteiger partial charge is 0.151 e. The van der Waals surface area contributed by atoms with Crippen molar-refractivity contribution in [3.63, 3.8) is 0 Å². The molecule has 0 bridgehead atoms. The minimum Gasteiger partial charge on any atom is -0.382 e. The van der Waals surface area contributed by atoms with Gasteiger partial charge in [0.15, 0.2) is 5.82 Å². The lowest BCUT2D eigenvalue weighted by atomic mass is 10.2. The lowest BCUT2D eigenvalue weighted by Crippen LogP contribution is -2.02. The molecule has 0 fully saturated rings. The number of rotatable bonds is 6. The predicted molar refractivity (Wildman–Crippen MR) is 151 cm³/mol. The number of hydrogen-bond acceptors (Lipinski definition) is 4. The second-order valence-electron chi connectivity index (χ2n) is 7.61. The first-order valence-corrected chi connectivity index (χ1v) is 12.9. The largest absolute Gasteiger partial charge is 0.382 e. The average molecular weight is 536 g/mol. The number of benzene rings is 1. The topological polar surface area (TPSA) is 74.0 Å². The van der Waals surface area contributed by atoms with Gasteiger partial charge in [0.25, 0.3) is 0 Å². The summed E-state index contributed by atoms with van der Waals surface area (Å²) < 4.78 is 3.80. The van der Waals surface area contributed by atoms with Crippen LogP contribution in [0.25, 0.3) is 11.6 Å². The Hall–Kier alpha value is -3.41. The number of nitrogen functional groups attached to an aromatic ring is 1. The van der Waals surface area contributed by atoms with Crippen LogP contribution >= 0.6 is 15.9 Å². The van der Waals surface area contributed by atoms with E-state index in [9.17, 15) is 0 Å². The van der Waals surface area contributed by atoms with Crippen molar-refractivity contribution >= 4 is 33.3 Å². The molecule has 0 unspecified atom stereocenters. The summed E-state index contributed by atoms with van der Waals surface area (Å²) in [5.41, 5.74) is 15.7. The maximum absolute atomic E-state index is 5.78. The van der Waals surface area contributed by atoms with Gasteiger partial charge < -0.3 is 5.73 Å². The van der Waals surface area contributed by atoms with Gasteiger partial charge in [0.05, 0.1) is 12.7 Å². The first kappa shape index (κ1) is 27.8. The summed E-state index contributed by atoms with van der Waals surface area (Å²) in [5.74, 6) is 0.540. The second-order valence-corrected chi connectivity index (χ2v) is 8.40. The van der Waals surface area contributed by atoms with E-state index in [0.29, 0.717) is 5.82 Å². The summed E-state index contributed by atoms with van der Waals surface area (Å²) in [6.45, 7) is 10.9. The van der Waals surface area contributed by atoms with Crippen LogP contribution in [0, 0.1) is 6.92 Å². The first-order valence-electron chi connectivity index (χ1n) is 11.8. The lowest BCUT2D eigenvalue weighted by Gasteiger charge is -2.00. The van der Waals surface area contributed by atoms with Crippen molar-refractivity contribution < 1.29 is 0 Å². The van der Waals surface area contributed by atoms with Gasteiger partial charge in [-0.3, -0.25) is 4.68 Å². The molecule has 35 heavy (non-hydrogen) atoms. The molecule has 0 aliphatic rings. The Morgan fingerprint density at radius 1 is 1.17 bits per heavy atom. The molecule has 0 radical (unpaired) electrons. The van der Waals surface area contributed by atoms with Crippen molar-refractivity contribution in [3.05, 3.63) is 101 Å². The van der Waals surface area contributed by atoms with E-state index in [1.807, 2.05) is 79.6 Å². The molecule has 2 N–H and O–H groups in total. The van der Waals surface area contributed by atoms with Crippen molar-refractivity contribution in [2.75, 3.05) is 11.1 Å². The molecule has 3 heterocycles. The van der Waals surface area contributed by atoms with Crippen LogP contribution < -0.4 is 5.73 Å². The molecule has 4 rings (SSSR count). The third kappa shape index (κ3) is 8.39. The van der Waals surface area contributed by atoms with Gasteiger partial charge in [0, 0.05) is 22.8 Å². The fourth-order valence-electron chi connectivity index (χ4n) is 3.27. The van der Waals surface area contributed by atoms with Gasteiger partial charge in [-0.2, -0.15) is 10.2 Å². The summed E-state index contributed by atoms with van der Waals surface area (Å²) in [5, 5.41) is 9.45. The van der Waals surface area contributed by atoms with Gasteiger partial charge >= 0.3 is 0 Å². The number of nitrogens with two attached hydrogens (primary N) is 1. The normalized spacial score (nSPS) is 10.5. The molecule has 7 heteroatoms. The predicted octanol–water partition coefficient (Wildman–Crippen LogP) is 6.65. The van der Waals surface area contributed by atoms with E-state index >= 15 is 0 Å². The fraction of sp³-hybridized carbons (Fsp3) is 0.286. The number of fused-ring (bicyclic) bond motifs is 1. The highest BCUT2D eigenvalue weighted by Crippen LogP contribution is 2.19. The zero-order chi connectivity index (χ0) is 25.6.